The van der Waals surface area contributed by atoms with Crippen molar-refractivity contribution in [2.45, 2.75) is 6.92 Å². The van der Waals surface area contributed by atoms with E-state index in [1.54, 1.807) is 6.92 Å². The first-order valence-electron chi connectivity index (χ1n) is 3.75. The van der Waals surface area contributed by atoms with E-state index in [1.165, 1.54) is 6.33 Å². The van der Waals surface area contributed by atoms with Gasteiger partial charge in [-0.3, -0.25) is 0 Å². The van der Waals surface area contributed by atoms with Gasteiger partial charge < -0.3 is 4.74 Å². The Kier molecular flexibility index (Phi) is 3.86. The third kappa shape index (κ3) is 3.02. The van der Waals surface area contributed by atoms with Gasteiger partial charge in [-0.25, -0.2) is 15.3 Å². The SMILES string of the molecule is CCOC(=O)/C(Cl)=N/Nc1ncn[nH]1. The van der Waals surface area contributed by atoms with E-state index in [2.05, 4.69) is 30.4 Å². The Labute approximate surface area is 84.5 Å². The van der Waals surface area contributed by atoms with Gasteiger partial charge in [0.25, 0.3) is 0 Å². The molecule has 14 heavy (non-hydrogen) atoms. The number of halogens is 1. The predicted octanol–water partition coefficient (Wildman–Crippen LogP) is 0.332. The van der Waals surface area contributed by atoms with Crippen LogP contribution in [0.2, 0.25) is 0 Å². The van der Waals surface area contributed by atoms with Crippen molar-refractivity contribution < 1.29 is 9.53 Å². The topological polar surface area (TPSA) is 92.3 Å². The maximum atomic E-state index is 10.9. The van der Waals surface area contributed by atoms with Gasteiger partial charge in [0, 0.05) is 0 Å². The van der Waals surface area contributed by atoms with Gasteiger partial charge in [-0.1, -0.05) is 11.6 Å². The lowest BCUT2D eigenvalue weighted by molar-refractivity contribution is -0.134. The minimum atomic E-state index is -0.693. The van der Waals surface area contributed by atoms with Crippen molar-refractivity contribution in [1.29, 1.82) is 0 Å². The molecule has 7 nitrogen and oxygen atoms in total. The van der Waals surface area contributed by atoms with Crippen LogP contribution in [-0.4, -0.2) is 32.9 Å². The number of esters is 1. The largest absolute Gasteiger partial charge is 0.461 e. The second-order valence-electron chi connectivity index (χ2n) is 2.07. The van der Waals surface area contributed by atoms with E-state index < -0.39 is 5.97 Å². The molecule has 0 amide bonds. The van der Waals surface area contributed by atoms with Crippen molar-refractivity contribution in [1.82, 2.24) is 15.2 Å². The second kappa shape index (κ2) is 5.18. The maximum Gasteiger partial charge on any atom is 0.370 e. The fraction of sp³-hybridized carbons (Fsp3) is 0.333. The van der Waals surface area contributed by atoms with Crippen LogP contribution in [0.5, 0.6) is 0 Å². The number of nitrogens with one attached hydrogen (secondary N) is 2. The highest BCUT2D eigenvalue weighted by molar-refractivity contribution is 6.82. The molecular weight excluding hydrogens is 210 g/mol. The third-order valence-corrected chi connectivity index (χ3v) is 1.36. The zero-order chi connectivity index (χ0) is 10.4. The summed E-state index contributed by atoms with van der Waals surface area (Å²) in [6, 6.07) is 0. The number of carbonyl (C=O) groups is 1. The third-order valence-electron chi connectivity index (χ3n) is 1.12. The van der Waals surface area contributed by atoms with Gasteiger partial charge in [0.1, 0.15) is 6.33 Å². The molecule has 0 fully saturated rings. The smallest absolute Gasteiger partial charge is 0.370 e. The first-order valence-corrected chi connectivity index (χ1v) is 4.13. The lowest BCUT2D eigenvalue weighted by Gasteiger charge is -1.98. The number of hydrogen-bond acceptors (Lipinski definition) is 6. The average molecular weight is 218 g/mol. The van der Waals surface area contributed by atoms with Crippen LogP contribution in [-0.2, 0) is 9.53 Å². The van der Waals surface area contributed by atoms with E-state index in [0.717, 1.165) is 0 Å². The van der Waals surface area contributed by atoms with Crippen LogP contribution in [0.1, 0.15) is 6.92 Å². The first kappa shape index (κ1) is 10.5. The summed E-state index contributed by atoms with van der Waals surface area (Å²) in [4.78, 5) is 14.6. The fourth-order valence-corrected chi connectivity index (χ4v) is 0.694. The number of hydrazone groups is 1. The Hall–Kier alpha value is -1.63. The van der Waals surface area contributed by atoms with Crippen LogP contribution in [0.25, 0.3) is 0 Å². The lowest BCUT2D eigenvalue weighted by Crippen LogP contribution is -2.13. The molecule has 2 N–H and O–H groups in total. The van der Waals surface area contributed by atoms with Crippen molar-refractivity contribution in [2.75, 3.05) is 12.0 Å². The molecule has 0 aliphatic rings. The predicted molar refractivity (Wildman–Crippen MR) is 49.9 cm³/mol. The van der Waals surface area contributed by atoms with Gasteiger partial charge in [-0.2, -0.15) is 15.2 Å². The molecule has 0 aromatic carbocycles. The molecule has 1 aromatic rings. The van der Waals surface area contributed by atoms with Crippen LogP contribution in [0.3, 0.4) is 0 Å². The standard InChI is InChI=1S/C6H8ClN5O2/c1-2-14-5(13)4(7)10-12-6-8-3-9-11-6/h3H,2H2,1H3,(H2,8,9,11,12)/b10-4-. The number of carbonyl (C=O) groups excluding carboxylic acids is 1. The van der Waals surface area contributed by atoms with Gasteiger partial charge in [0.15, 0.2) is 0 Å². The van der Waals surface area contributed by atoms with Crippen molar-refractivity contribution in [2.24, 2.45) is 5.10 Å². The summed E-state index contributed by atoms with van der Waals surface area (Å²) < 4.78 is 4.59. The number of H-pyrrole nitrogens is 1. The summed E-state index contributed by atoms with van der Waals surface area (Å²) in [7, 11) is 0. The van der Waals surface area contributed by atoms with E-state index in [9.17, 15) is 4.79 Å². The molecule has 0 unspecified atom stereocenters. The monoisotopic (exact) mass is 217 g/mol. The number of rotatable bonds is 4. The summed E-state index contributed by atoms with van der Waals surface area (Å²) in [5, 5.41) is 9.23. The minimum absolute atomic E-state index is 0.243. The summed E-state index contributed by atoms with van der Waals surface area (Å²) in [5.41, 5.74) is 2.39. The molecule has 0 aliphatic carbocycles. The Morgan fingerprint density at radius 1 is 1.86 bits per heavy atom. The van der Waals surface area contributed by atoms with E-state index >= 15 is 0 Å². The fourth-order valence-electron chi connectivity index (χ4n) is 0.598. The van der Waals surface area contributed by atoms with Crippen molar-refractivity contribution in [3.05, 3.63) is 6.33 Å². The lowest BCUT2D eigenvalue weighted by atomic mass is 10.7. The summed E-state index contributed by atoms with van der Waals surface area (Å²) in [5.74, 6) is -0.409. The molecule has 1 rings (SSSR count). The number of ether oxygens (including phenoxy) is 1. The molecular formula is C6H8ClN5O2. The Bertz CT molecular complexity index is 323. The number of anilines is 1. The van der Waals surface area contributed by atoms with Gasteiger partial charge in [-0.05, 0) is 6.92 Å². The molecule has 1 heterocycles. The summed E-state index contributed by atoms with van der Waals surface area (Å²) in [6.07, 6.45) is 1.29. The number of aromatic amines is 1. The van der Waals surface area contributed by atoms with Gasteiger partial charge in [0.05, 0.1) is 6.61 Å². The molecule has 1 aromatic heterocycles. The van der Waals surface area contributed by atoms with Crippen LogP contribution in [0.15, 0.2) is 11.4 Å². The zero-order valence-corrected chi connectivity index (χ0v) is 8.08. The Balaban J connectivity index is 2.48. The van der Waals surface area contributed by atoms with Crippen LogP contribution < -0.4 is 5.43 Å². The molecule has 0 atom stereocenters. The Morgan fingerprint density at radius 3 is 3.21 bits per heavy atom. The average Bonchev–Trinajstić information content (AvgIpc) is 2.67. The zero-order valence-electron chi connectivity index (χ0n) is 7.32. The summed E-state index contributed by atoms with van der Waals surface area (Å²) >= 11 is 5.48. The molecule has 0 saturated carbocycles. The Morgan fingerprint density at radius 2 is 2.64 bits per heavy atom. The molecule has 0 aliphatic heterocycles. The van der Waals surface area contributed by atoms with E-state index in [0.29, 0.717) is 0 Å². The van der Waals surface area contributed by atoms with Gasteiger partial charge in [0.2, 0.25) is 11.1 Å². The van der Waals surface area contributed by atoms with E-state index in [4.69, 9.17) is 11.6 Å². The minimum Gasteiger partial charge on any atom is -0.461 e. The molecule has 0 bridgehead atoms. The highest BCUT2D eigenvalue weighted by Gasteiger charge is 2.08. The van der Waals surface area contributed by atoms with Gasteiger partial charge >= 0.3 is 5.97 Å². The highest BCUT2D eigenvalue weighted by Crippen LogP contribution is 1.95. The van der Waals surface area contributed by atoms with Crippen LogP contribution in [0, 0.1) is 0 Å². The van der Waals surface area contributed by atoms with Crippen LogP contribution >= 0.6 is 11.6 Å². The van der Waals surface area contributed by atoms with Gasteiger partial charge in [-0.15, -0.1) is 0 Å². The highest BCUT2D eigenvalue weighted by atomic mass is 35.5. The van der Waals surface area contributed by atoms with Crippen molar-refractivity contribution >= 4 is 28.7 Å². The normalized spacial score (nSPS) is 11.1. The number of aromatic nitrogens is 3. The van der Waals surface area contributed by atoms with Crippen molar-refractivity contribution in [3.63, 3.8) is 0 Å². The maximum absolute atomic E-state index is 10.9. The quantitative estimate of drug-likeness (QED) is 0.431. The number of hydrogen-bond donors (Lipinski definition) is 2. The molecule has 0 spiro atoms. The number of nitrogens with zero attached hydrogens (tertiary/aromatic N) is 3. The molecule has 8 heteroatoms. The molecule has 0 radical (unpaired) electrons. The van der Waals surface area contributed by atoms with Crippen LogP contribution in [0.4, 0.5) is 5.95 Å². The second-order valence-corrected chi connectivity index (χ2v) is 2.43. The molecule has 0 saturated heterocycles. The van der Waals surface area contributed by atoms with E-state index in [1.807, 2.05) is 0 Å². The molecule has 76 valence electrons. The van der Waals surface area contributed by atoms with E-state index in [-0.39, 0.29) is 17.7 Å². The summed E-state index contributed by atoms with van der Waals surface area (Å²) in [6.45, 7) is 1.92. The first-order chi connectivity index (χ1) is 6.74. The van der Waals surface area contributed by atoms with Crippen molar-refractivity contribution in [3.8, 4) is 0 Å².